The normalized spacial score (nSPS) is 11.9. The van der Waals surface area contributed by atoms with Gasteiger partial charge < -0.3 is 16.0 Å². The molecule has 4 rings (SSSR count). The third-order valence-electron chi connectivity index (χ3n) is 5.35. The molecule has 4 aromatic rings. The van der Waals surface area contributed by atoms with Crippen molar-refractivity contribution in [1.29, 1.82) is 0 Å². The SMILES string of the molecule is CCCn1c(=O)c2ccc(NCCN(C)C)c3c(=O)c4cc(N)ccc4n(c1=O)c23. The number of pyridine rings is 1. The first-order valence-electron chi connectivity index (χ1n) is 10.0. The molecular weight excluding hydrogens is 382 g/mol. The van der Waals surface area contributed by atoms with Gasteiger partial charge in [-0.05, 0) is 50.8 Å². The van der Waals surface area contributed by atoms with Crippen molar-refractivity contribution in [2.45, 2.75) is 19.9 Å². The molecule has 0 spiro atoms. The van der Waals surface area contributed by atoms with E-state index in [9.17, 15) is 14.4 Å². The maximum Gasteiger partial charge on any atom is 0.336 e. The topological polar surface area (TPSA) is 102 Å². The van der Waals surface area contributed by atoms with E-state index in [0.717, 1.165) is 6.54 Å². The molecular formula is C22H25N5O3. The van der Waals surface area contributed by atoms with Crippen molar-refractivity contribution in [3.05, 3.63) is 61.4 Å². The highest BCUT2D eigenvalue weighted by atomic mass is 16.2. The first-order valence-corrected chi connectivity index (χ1v) is 10.0. The molecule has 0 unspecified atom stereocenters. The Kier molecular flexibility index (Phi) is 4.95. The molecule has 3 N–H and O–H groups in total. The van der Waals surface area contributed by atoms with Crippen LogP contribution in [0.25, 0.3) is 27.2 Å². The van der Waals surface area contributed by atoms with Crippen molar-refractivity contribution in [3.63, 3.8) is 0 Å². The minimum Gasteiger partial charge on any atom is -0.399 e. The molecule has 0 atom stereocenters. The van der Waals surface area contributed by atoms with Gasteiger partial charge in [-0.1, -0.05) is 6.92 Å². The number of nitrogens with zero attached hydrogens (tertiary/aromatic N) is 3. The van der Waals surface area contributed by atoms with Crippen LogP contribution in [0.1, 0.15) is 13.3 Å². The summed E-state index contributed by atoms with van der Waals surface area (Å²) < 4.78 is 2.72. The molecule has 8 nitrogen and oxygen atoms in total. The van der Waals surface area contributed by atoms with Gasteiger partial charge in [-0.15, -0.1) is 0 Å². The van der Waals surface area contributed by atoms with E-state index in [4.69, 9.17) is 5.73 Å². The van der Waals surface area contributed by atoms with Crippen molar-refractivity contribution in [2.75, 3.05) is 38.2 Å². The average molecular weight is 407 g/mol. The van der Waals surface area contributed by atoms with Gasteiger partial charge in [0.2, 0.25) is 0 Å². The third-order valence-corrected chi connectivity index (χ3v) is 5.35. The van der Waals surface area contributed by atoms with E-state index in [1.165, 1.54) is 8.97 Å². The zero-order valence-corrected chi connectivity index (χ0v) is 17.4. The zero-order chi connectivity index (χ0) is 21.6. The second-order valence-electron chi connectivity index (χ2n) is 7.79. The molecule has 156 valence electrons. The van der Waals surface area contributed by atoms with Crippen LogP contribution in [0.3, 0.4) is 0 Å². The molecule has 0 radical (unpaired) electrons. The van der Waals surface area contributed by atoms with Gasteiger partial charge in [-0.2, -0.15) is 0 Å². The number of fused-ring (bicyclic) bond motifs is 2. The lowest BCUT2D eigenvalue weighted by atomic mass is 10.0. The standard InChI is InChI=1S/C22H25N5O3/c1-4-10-26-21(29)14-6-7-16(24-9-11-25(2)3)18-19(14)27(22(26)30)17-8-5-13(23)12-15(17)20(18)28/h5-8,12,24H,4,9-11,23H2,1-3H3. The van der Waals surface area contributed by atoms with Gasteiger partial charge in [0.1, 0.15) is 0 Å². The number of nitrogen functional groups attached to an aromatic ring is 1. The van der Waals surface area contributed by atoms with Gasteiger partial charge >= 0.3 is 5.69 Å². The third kappa shape index (κ3) is 3.00. The van der Waals surface area contributed by atoms with Gasteiger partial charge in [0.25, 0.3) is 5.56 Å². The van der Waals surface area contributed by atoms with Gasteiger partial charge in [-0.25, -0.2) is 4.79 Å². The van der Waals surface area contributed by atoms with Crippen molar-refractivity contribution in [3.8, 4) is 0 Å². The van der Waals surface area contributed by atoms with Crippen LogP contribution in [0, 0.1) is 0 Å². The summed E-state index contributed by atoms with van der Waals surface area (Å²) in [6, 6.07) is 8.35. The number of aromatic nitrogens is 2. The Morgan fingerprint density at radius 2 is 1.83 bits per heavy atom. The molecule has 0 fully saturated rings. The molecule has 2 heterocycles. The molecule has 8 heteroatoms. The Morgan fingerprint density at radius 1 is 1.07 bits per heavy atom. The number of likely N-dealkylation sites (N-methyl/N-ethyl adjacent to an activating group) is 1. The number of benzene rings is 2. The van der Waals surface area contributed by atoms with Crippen LogP contribution in [0.5, 0.6) is 0 Å². The fourth-order valence-corrected chi connectivity index (χ4v) is 3.95. The monoisotopic (exact) mass is 407 g/mol. The number of nitrogens with two attached hydrogens (primary N) is 1. The number of rotatable bonds is 6. The summed E-state index contributed by atoms with van der Waals surface area (Å²) in [6.45, 7) is 3.59. The van der Waals surface area contributed by atoms with Crippen LogP contribution in [0.15, 0.2) is 44.7 Å². The smallest absolute Gasteiger partial charge is 0.336 e. The number of anilines is 2. The molecule has 2 aromatic carbocycles. The Bertz CT molecular complexity index is 1440. The predicted octanol–water partition coefficient (Wildman–Crippen LogP) is 1.53. The van der Waals surface area contributed by atoms with Gasteiger partial charge in [0, 0.05) is 36.4 Å². The Hall–Kier alpha value is -3.39. The highest BCUT2D eigenvalue weighted by molar-refractivity contribution is 6.07. The molecule has 0 saturated carbocycles. The molecule has 2 aromatic heterocycles. The van der Waals surface area contributed by atoms with Crippen LogP contribution >= 0.6 is 0 Å². The maximum absolute atomic E-state index is 13.5. The first-order chi connectivity index (χ1) is 14.3. The second-order valence-corrected chi connectivity index (χ2v) is 7.79. The molecule has 30 heavy (non-hydrogen) atoms. The highest BCUT2D eigenvalue weighted by Gasteiger charge is 2.20. The Balaban J connectivity index is 2.20. The van der Waals surface area contributed by atoms with Crippen molar-refractivity contribution in [1.82, 2.24) is 13.9 Å². The quantitative estimate of drug-likeness (QED) is 0.286. The van der Waals surface area contributed by atoms with Crippen LogP contribution < -0.4 is 27.7 Å². The zero-order valence-electron chi connectivity index (χ0n) is 17.4. The maximum atomic E-state index is 13.5. The highest BCUT2D eigenvalue weighted by Crippen LogP contribution is 2.27. The number of hydrogen-bond donors (Lipinski definition) is 2. The molecule has 0 saturated heterocycles. The first kappa shape index (κ1) is 19.9. The second kappa shape index (κ2) is 7.46. The average Bonchev–Trinajstić information content (AvgIpc) is 2.70. The van der Waals surface area contributed by atoms with Gasteiger partial charge in [0.05, 0.1) is 21.8 Å². The predicted molar refractivity (Wildman–Crippen MR) is 122 cm³/mol. The largest absolute Gasteiger partial charge is 0.399 e. The number of nitrogens with one attached hydrogen (secondary N) is 1. The summed E-state index contributed by atoms with van der Waals surface area (Å²) in [5.41, 5.74) is 6.72. The molecule has 0 aliphatic rings. The van der Waals surface area contributed by atoms with Gasteiger partial charge in [-0.3, -0.25) is 18.6 Å². The molecule has 0 aliphatic carbocycles. The van der Waals surface area contributed by atoms with E-state index in [1.807, 2.05) is 25.9 Å². The summed E-state index contributed by atoms with van der Waals surface area (Å²) in [5, 5.41) is 4.33. The minimum atomic E-state index is -0.445. The molecule has 0 bridgehead atoms. The van der Waals surface area contributed by atoms with Crippen LogP contribution in [-0.4, -0.2) is 41.1 Å². The van der Waals surface area contributed by atoms with Crippen molar-refractivity contribution in [2.24, 2.45) is 0 Å². The van der Waals surface area contributed by atoms with E-state index < -0.39 is 5.69 Å². The lowest BCUT2D eigenvalue weighted by molar-refractivity contribution is 0.425. The summed E-state index contributed by atoms with van der Waals surface area (Å²) >= 11 is 0. The lowest BCUT2D eigenvalue weighted by Crippen LogP contribution is -2.38. The van der Waals surface area contributed by atoms with E-state index in [-0.39, 0.29) is 11.0 Å². The van der Waals surface area contributed by atoms with Crippen LogP contribution in [-0.2, 0) is 6.54 Å². The number of hydrogen-bond acceptors (Lipinski definition) is 6. The minimum absolute atomic E-state index is 0.248. The van der Waals surface area contributed by atoms with Crippen molar-refractivity contribution >= 4 is 38.6 Å². The van der Waals surface area contributed by atoms with E-state index in [1.54, 1.807) is 30.3 Å². The Labute approximate surface area is 172 Å². The summed E-state index contributed by atoms with van der Waals surface area (Å²) in [6.07, 6.45) is 0.644. The van der Waals surface area contributed by atoms with Crippen molar-refractivity contribution < 1.29 is 0 Å². The summed E-state index contributed by atoms with van der Waals surface area (Å²) in [7, 11) is 3.92. The van der Waals surface area contributed by atoms with E-state index in [0.29, 0.717) is 58.1 Å². The van der Waals surface area contributed by atoms with Crippen LogP contribution in [0.2, 0.25) is 0 Å². The Morgan fingerprint density at radius 3 is 2.53 bits per heavy atom. The van der Waals surface area contributed by atoms with E-state index >= 15 is 0 Å². The summed E-state index contributed by atoms with van der Waals surface area (Å²) in [4.78, 5) is 41.9. The molecule has 0 aliphatic heterocycles. The van der Waals surface area contributed by atoms with E-state index in [2.05, 4.69) is 5.32 Å². The van der Waals surface area contributed by atoms with Gasteiger partial charge in [0.15, 0.2) is 5.43 Å². The van der Waals surface area contributed by atoms with Crippen LogP contribution in [0.4, 0.5) is 11.4 Å². The lowest BCUT2D eigenvalue weighted by Gasteiger charge is -2.17. The fourth-order valence-electron chi connectivity index (χ4n) is 3.95. The molecule has 0 amide bonds. The fraction of sp³-hybridized carbons (Fsp3) is 0.318. The summed E-state index contributed by atoms with van der Waals surface area (Å²) in [5.74, 6) is 0.